The van der Waals surface area contributed by atoms with Gasteiger partial charge in [-0.15, -0.1) is 11.6 Å². The smallest absolute Gasteiger partial charge is 0.128 e. The van der Waals surface area contributed by atoms with Crippen LogP contribution in [0, 0.1) is 18.7 Å². The molecule has 0 aliphatic carbocycles. The van der Waals surface area contributed by atoms with Crippen molar-refractivity contribution in [2.45, 2.75) is 31.7 Å². The summed E-state index contributed by atoms with van der Waals surface area (Å²) in [7, 11) is 0. The fraction of sp³-hybridized carbons (Fsp3) is 0.562. The summed E-state index contributed by atoms with van der Waals surface area (Å²) in [5.41, 5.74) is 2.43. The van der Waals surface area contributed by atoms with E-state index in [4.69, 9.17) is 11.6 Å². The number of aromatic nitrogens is 2. The Bertz CT molecular complexity index is 688. The van der Waals surface area contributed by atoms with Crippen molar-refractivity contribution in [3.63, 3.8) is 0 Å². The predicted molar refractivity (Wildman–Crippen MR) is 82.2 cm³/mol. The minimum absolute atomic E-state index is 0.192. The average molecular weight is 308 g/mol. The monoisotopic (exact) mass is 307 g/mol. The van der Waals surface area contributed by atoms with Gasteiger partial charge in [-0.25, -0.2) is 9.37 Å². The van der Waals surface area contributed by atoms with Crippen molar-refractivity contribution in [2.75, 3.05) is 19.6 Å². The number of piperidine rings is 3. The molecular weight excluding hydrogens is 289 g/mol. The van der Waals surface area contributed by atoms with Crippen molar-refractivity contribution >= 4 is 22.6 Å². The highest BCUT2D eigenvalue weighted by Crippen LogP contribution is 2.38. The first kappa shape index (κ1) is 13.5. The van der Waals surface area contributed by atoms with E-state index in [0.29, 0.717) is 23.4 Å². The Kier molecular flexibility index (Phi) is 3.19. The summed E-state index contributed by atoms with van der Waals surface area (Å²) in [6.45, 7) is 5.29. The quantitative estimate of drug-likeness (QED) is 0.792. The number of alkyl halides is 1. The molecule has 4 heterocycles. The second-order valence-corrected chi connectivity index (χ2v) is 6.59. The number of halogens is 2. The van der Waals surface area contributed by atoms with Crippen LogP contribution >= 0.6 is 11.6 Å². The number of rotatable bonds is 2. The molecule has 1 aromatic carbocycles. The minimum atomic E-state index is -0.192. The van der Waals surface area contributed by atoms with Crippen LogP contribution in [-0.2, 0) is 5.88 Å². The fourth-order valence-corrected chi connectivity index (χ4v) is 4.15. The van der Waals surface area contributed by atoms with Crippen molar-refractivity contribution < 1.29 is 4.39 Å². The third-order valence-corrected chi connectivity index (χ3v) is 5.35. The first-order valence-electron chi connectivity index (χ1n) is 7.62. The van der Waals surface area contributed by atoms with Gasteiger partial charge in [-0.3, -0.25) is 0 Å². The maximum Gasteiger partial charge on any atom is 0.128 e. The molecule has 2 aromatic rings. The van der Waals surface area contributed by atoms with Gasteiger partial charge in [0.15, 0.2) is 0 Å². The largest absolute Gasteiger partial charge is 0.322 e. The normalized spacial score (nSPS) is 28.4. The molecular formula is C16H19ClFN3. The molecule has 3 aliphatic rings. The zero-order valence-electron chi connectivity index (χ0n) is 12.1. The maximum atomic E-state index is 13.8. The molecule has 21 heavy (non-hydrogen) atoms. The van der Waals surface area contributed by atoms with Crippen LogP contribution in [0.2, 0.25) is 0 Å². The number of imidazole rings is 1. The second kappa shape index (κ2) is 4.96. The Morgan fingerprint density at radius 3 is 2.71 bits per heavy atom. The summed E-state index contributed by atoms with van der Waals surface area (Å²) in [4.78, 5) is 7.08. The Morgan fingerprint density at radius 2 is 2.10 bits per heavy atom. The maximum absolute atomic E-state index is 13.8. The molecule has 1 aromatic heterocycles. The van der Waals surface area contributed by atoms with Crippen molar-refractivity contribution in [3.05, 3.63) is 29.3 Å². The lowest BCUT2D eigenvalue weighted by Crippen LogP contribution is -2.48. The zero-order valence-corrected chi connectivity index (χ0v) is 12.9. The lowest BCUT2D eigenvalue weighted by atomic mass is 9.83. The SMILES string of the molecule is Cc1cc2c(cc1F)nc(CCl)n2C1CN2CCC1CC2. The zero-order chi connectivity index (χ0) is 14.6. The number of hydrogen-bond donors (Lipinski definition) is 0. The molecule has 5 rings (SSSR count). The third-order valence-electron chi connectivity index (χ3n) is 5.12. The Labute approximate surface area is 128 Å². The summed E-state index contributed by atoms with van der Waals surface area (Å²) in [6, 6.07) is 3.89. The van der Waals surface area contributed by atoms with Crippen LogP contribution in [0.5, 0.6) is 0 Å². The van der Waals surface area contributed by atoms with Crippen molar-refractivity contribution in [1.82, 2.24) is 14.5 Å². The highest BCUT2D eigenvalue weighted by atomic mass is 35.5. The third kappa shape index (κ3) is 2.08. The molecule has 0 radical (unpaired) electrons. The van der Waals surface area contributed by atoms with Crippen LogP contribution in [0.15, 0.2) is 12.1 Å². The van der Waals surface area contributed by atoms with Gasteiger partial charge in [0.25, 0.3) is 0 Å². The van der Waals surface area contributed by atoms with Crippen molar-refractivity contribution in [3.8, 4) is 0 Å². The van der Waals surface area contributed by atoms with E-state index in [1.54, 1.807) is 6.07 Å². The van der Waals surface area contributed by atoms with Gasteiger partial charge in [0.05, 0.1) is 23.0 Å². The minimum Gasteiger partial charge on any atom is -0.322 e. The number of aryl methyl sites for hydroxylation is 1. The molecule has 3 fully saturated rings. The van der Waals surface area contributed by atoms with Gasteiger partial charge < -0.3 is 9.47 Å². The van der Waals surface area contributed by atoms with Gasteiger partial charge in [-0.05, 0) is 50.4 Å². The molecule has 0 amide bonds. The number of fused-ring (bicyclic) bond motifs is 4. The topological polar surface area (TPSA) is 21.1 Å². The van der Waals surface area contributed by atoms with Gasteiger partial charge in [0.1, 0.15) is 11.6 Å². The molecule has 2 bridgehead atoms. The van der Waals surface area contributed by atoms with Crippen LogP contribution in [-0.4, -0.2) is 34.1 Å². The van der Waals surface area contributed by atoms with Crippen LogP contribution in [0.4, 0.5) is 4.39 Å². The van der Waals surface area contributed by atoms with E-state index in [9.17, 15) is 4.39 Å². The number of hydrogen-bond acceptors (Lipinski definition) is 2. The highest BCUT2D eigenvalue weighted by Gasteiger charge is 2.36. The molecule has 112 valence electrons. The number of benzene rings is 1. The average Bonchev–Trinajstić information content (AvgIpc) is 2.86. The van der Waals surface area contributed by atoms with Crippen molar-refractivity contribution in [2.24, 2.45) is 5.92 Å². The molecule has 3 nitrogen and oxygen atoms in total. The second-order valence-electron chi connectivity index (χ2n) is 6.33. The molecule has 1 atom stereocenters. The molecule has 5 heteroatoms. The van der Waals surface area contributed by atoms with Gasteiger partial charge in [-0.2, -0.15) is 0 Å². The predicted octanol–water partition coefficient (Wildman–Crippen LogP) is 3.49. The molecule has 0 spiro atoms. The van der Waals surface area contributed by atoms with E-state index in [2.05, 4.69) is 14.5 Å². The lowest BCUT2D eigenvalue weighted by molar-refractivity contribution is 0.0578. The summed E-state index contributed by atoms with van der Waals surface area (Å²) in [6.07, 6.45) is 2.48. The standard InChI is InChI=1S/C16H19ClFN3/c1-10-6-14-13(7-12(10)18)19-16(8-17)21(14)15-9-20-4-2-11(15)3-5-20/h6-7,11,15H,2-5,8-9H2,1H3. The van der Waals surface area contributed by atoms with Crippen LogP contribution in [0.25, 0.3) is 11.0 Å². The fourth-order valence-electron chi connectivity index (χ4n) is 3.96. The molecule has 0 saturated carbocycles. The van der Waals surface area contributed by atoms with E-state index >= 15 is 0 Å². The first-order valence-corrected chi connectivity index (χ1v) is 8.16. The van der Waals surface area contributed by atoms with Crippen LogP contribution < -0.4 is 0 Å². The molecule has 0 N–H and O–H groups in total. The summed E-state index contributed by atoms with van der Waals surface area (Å²) < 4.78 is 16.1. The van der Waals surface area contributed by atoms with Gasteiger partial charge in [0, 0.05) is 12.6 Å². The van der Waals surface area contributed by atoms with Crippen LogP contribution in [0.3, 0.4) is 0 Å². The number of nitrogens with zero attached hydrogens (tertiary/aromatic N) is 3. The first-order chi connectivity index (χ1) is 10.2. The molecule has 3 saturated heterocycles. The Balaban J connectivity index is 1.88. The summed E-state index contributed by atoms with van der Waals surface area (Å²) in [5, 5.41) is 0. The van der Waals surface area contributed by atoms with E-state index in [0.717, 1.165) is 23.4 Å². The van der Waals surface area contributed by atoms with E-state index in [1.165, 1.54) is 25.9 Å². The van der Waals surface area contributed by atoms with Crippen molar-refractivity contribution in [1.29, 1.82) is 0 Å². The van der Waals surface area contributed by atoms with Crippen LogP contribution in [0.1, 0.15) is 30.3 Å². The summed E-state index contributed by atoms with van der Waals surface area (Å²) >= 11 is 6.11. The van der Waals surface area contributed by atoms with E-state index < -0.39 is 0 Å². The van der Waals surface area contributed by atoms with E-state index in [-0.39, 0.29) is 5.82 Å². The van der Waals surface area contributed by atoms with Gasteiger partial charge >= 0.3 is 0 Å². The Morgan fingerprint density at radius 1 is 1.33 bits per heavy atom. The van der Waals surface area contributed by atoms with E-state index in [1.807, 2.05) is 13.0 Å². The Hall–Kier alpha value is -1.13. The summed E-state index contributed by atoms with van der Waals surface area (Å²) in [5.74, 6) is 1.75. The van der Waals surface area contributed by atoms with Gasteiger partial charge in [0.2, 0.25) is 0 Å². The molecule has 3 aliphatic heterocycles. The van der Waals surface area contributed by atoms with Gasteiger partial charge in [-0.1, -0.05) is 0 Å². The lowest BCUT2D eigenvalue weighted by Gasteiger charge is -2.45. The molecule has 1 unspecified atom stereocenters. The highest BCUT2D eigenvalue weighted by molar-refractivity contribution is 6.16.